The maximum Gasteiger partial charge on any atom is 0.118 e. The largest absolute Gasteiger partial charge is 0.465 e. The summed E-state index contributed by atoms with van der Waals surface area (Å²) in [6, 6.07) is 3.43. The minimum Gasteiger partial charge on any atom is -0.465 e. The van der Waals surface area contributed by atoms with E-state index in [0.717, 1.165) is 43.8 Å². The molecule has 0 amide bonds. The first kappa shape index (κ1) is 15.5. The zero-order valence-electron chi connectivity index (χ0n) is 13.2. The second-order valence-corrected chi connectivity index (χ2v) is 6.01. The van der Waals surface area contributed by atoms with Gasteiger partial charge in [0, 0.05) is 37.8 Å². The minimum absolute atomic E-state index is 0.507. The normalized spacial score (nSPS) is 15.5. The van der Waals surface area contributed by atoms with E-state index in [4.69, 9.17) is 9.15 Å². The average molecular weight is 280 g/mol. The molecule has 0 spiro atoms. The van der Waals surface area contributed by atoms with Gasteiger partial charge in [0.2, 0.25) is 0 Å². The summed E-state index contributed by atoms with van der Waals surface area (Å²) < 4.78 is 11.0. The predicted molar refractivity (Wildman–Crippen MR) is 80.7 cm³/mol. The second-order valence-electron chi connectivity index (χ2n) is 6.01. The van der Waals surface area contributed by atoms with Crippen molar-refractivity contribution in [2.45, 2.75) is 58.8 Å². The molecule has 1 aromatic heterocycles. The van der Waals surface area contributed by atoms with Crippen molar-refractivity contribution in [3.8, 4) is 0 Å². The van der Waals surface area contributed by atoms with Crippen LogP contribution in [0.15, 0.2) is 10.5 Å². The Balaban J connectivity index is 1.91. The summed E-state index contributed by atoms with van der Waals surface area (Å²) >= 11 is 0. The Morgan fingerprint density at radius 1 is 1.45 bits per heavy atom. The van der Waals surface area contributed by atoms with Crippen LogP contribution >= 0.6 is 0 Å². The number of nitrogens with one attached hydrogen (secondary N) is 1. The fraction of sp³-hybridized carbons (Fsp3) is 0.750. The lowest BCUT2D eigenvalue weighted by Crippen LogP contribution is -2.33. The molecule has 4 heteroatoms. The molecule has 2 rings (SSSR count). The van der Waals surface area contributed by atoms with Gasteiger partial charge in [0.15, 0.2) is 0 Å². The summed E-state index contributed by atoms with van der Waals surface area (Å²) in [4.78, 5) is 2.42. The molecule has 1 aliphatic carbocycles. The summed E-state index contributed by atoms with van der Waals surface area (Å²) in [5.41, 5.74) is 1.29. The molecule has 0 radical (unpaired) electrons. The van der Waals surface area contributed by atoms with E-state index in [1.165, 1.54) is 18.4 Å². The van der Waals surface area contributed by atoms with Crippen molar-refractivity contribution in [2.75, 3.05) is 20.3 Å². The van der Waals surface area contributed by atoms with Gasteiger partial charge in [-0.15, -0.1) is 0 Å². The van der Waals surface area contributed by atoms with Crippen LogP contribution in [0.4, 0.5) is 0 Å². The summed E-state index contributed by atoms with van der Waals surface area (Å²) in [6.07, 6.45) is 2.62. The molecule has 4 nitrogen and oxygen atoms in total. The van der Waals surface area contributed by atoms with Gasteiger partial charge in [-0.3, -0.25) is 4.90 Å². The highest BCUT2D eigenvalue weighted by atomic mass is 16.5. The topological polar surface area (TPSA) is 37.6 Å². The van der Waals surface area contributed by atoms with Crippen LogP contribution in [-0.4, -0.2) is 37.2 Å². The van der Waals surface area contributed by atoms with Gasteiger partial charge in [0.05, 0.1) is 13.2 Å². The molecule has 1 aliphatic rings. The molecule has 114 valence electrons. The molecule has 0 bridgehead atoms. The van der Waals surface area contributed by atoms with Crippen molar-refractivity contribution in [2.24, 2.45) is 0 Å². The van der Waals surface area contributed by atoms with Gasteiger partial charge in [-0.1, -0.05) is 0 Å². The number of hydrogen-bond donors (Lipinski definition) is 1. The van der Waals surface area contributed by atoms with E-state index in [0.29, 0.717) is 6.04 Å². The van der Waals surface area contributed by atoms with Crippen LogP contribution < -0.4 is 5.32 Å². The quantitative estimate of drug-likeness (QED) is 0.755. The van der Waals surface area contributed by atoms with E-state index in [1.54, 1.807) is 7.11 Å². The van der Waals surface area contributed by atoms with Gasteiger partial charge in [-0.05, 0) is 39.7 Å². The van der Waals surface area contributed by atoms with Crippen LogP contribution in [0.3, 0.4) is 0 Å². The first-order valence-electron chi connectivity index (χ1n) is 7.64. The number of nitrogens with zero attached hydrogens (tertiary/aromatic N) is 1. The van der Waals surface area contributed by atoms with E-state index in [1.807, 2.05) is 0 Å². The number of hydrogen-bond acceptors (Lipinski definition) is 4. The Bertz CT molecular complexity index is 411. The monoisotopic (exact) mass is 280 g/mol. The third-order valence-electron chi connectivity index (χ3n) is 3.90. The van der Waals surface area contributed by atoms with Crippen LogP contribution in [0.2, 0.25) is 0 Å². The van der Waals surface area contributed by atoms with Gasteiger partial charge < -0.3 is 14.5 Å². The van der Waals surface area contributed by atoms with Crippen LogP contribution in [0.1, 0.15) is 43.8 Å². The van der Waals surface area contributed by atoms with Gasteiger partial charge in [0.25, 0.3) is 0 Å². The number of ether oxygens (including phenoxy) is 1. The van der Waals surface area contributed by atoms with Crippen molar-refractivity contribution in [3.63, 3.8) is 0 Å². The van der Waals surface area contributed by atoms with Gasteiger partial charge in [-0.25, -0.2) is 0 Å². The Hall–Kier alpha value is -0.840. The fourth-order valence-electron chi connectivity index (χ4n) is 2.31. The van der Waals surface area contributed by atoms with Gasteiger partial charge in [0.1, 0.15) is 11.5 Å². The lowest BCUT2D eigenvalue weighted by atomic mass is 10.2. The van der Waals surface area contributed by atoms with E-state index in [-0.39, 0.29) is 0 Å². The van der Waals surface area contributed by atoms with Crippen molar-refractivity contribution < 1.29 is 9.15 Å². The fourth-order valence-corrected chi connectivity index (χ4v) is 2.31. The molecule has 1 fully saturated rings. The number of aryl methyl sites for hydroxylation is 1. The zero-order valence-corrected chi connectivity index (χ0v) is 13.2. The molecule has 0 saturated heterocycles. The molecule has 20 heavy (non-hydrogen) atoms. The molecule has 1 saturated carbocycles. The van der Waals surface area contributed by atoms with Crippen LogP contribution in [0.25, 0.3) is 0 Å². The van der Waals surface area contributed by atoms with Crippen molar-refractivity contribution in [1.82, 2.24) is 10.2 Å². The van der Waals surface area contributed by atoms with E-state index in [9.17, 15) is 0 Å². The highest BCUT2D eigenvalue weighted by molar-refractivity contribution is 5.21. The molecule has 0 aliphatic heterocycles. The Kier molecular flexibility index (Phi) is 5.64. The Labute approximate surface area is 122 Å². The number of rotatable bonds is 9. The third-order valence-corrected chi connectivity index (χ3v) is 3.90. The van der Waals surface area contributed by atoms with Crippen molar-refractivity contribution in [1.29, 1.82) is 0 Å². The van der Waals surface area contributed by atoms with Gasteiger partial charge >= 0.3 is 0 Å². The lowest BCUT2D eigenvalue weighted by Gasteiger charge is -2.25. The van der Waals surface area contributed by atoms with E-state index >= 15 is 0 Å². The second kappa shape index (κ2) is 7.25. The van der Waals surface area contributed by atoms with E-state index in [2.05, 4.69) is 37.1 Å². The molecule has 1 N–H and O–H groups in total. The zero-order chi connectivity index (χ0) is 14.5. The first-order chi connectivity index (χ1) is 9.60. The maximum atomic E-state index is 5.86. The SMILES string of the molecule is COCCN(Cc1cc(CNC2CC2)oc1C)C(C)C. The lowest BCUT2D eigenvalue weighted by molar-refractivity contribution is 0.124. The van der Waals surface area contributed by atoms with Crippen molar-refractivity contribution >= 4 is 0 Å². The highest BCUT2D eigenvalue weighted by Gasteiger charge is 2.21. The minimum atomic E-state index is 0.507. The Morgan fingerprint density at radius 3 is 2.80 bits per heavy atom. The average Bonchev–Trinajstić information content (AvgIpc) is 3.17. The van der Waals surface area contributed by atoms with Crippen LogP contribution in [0, 0.1) is 6.92 Å². The molecular weight excluding hydrogens is 252 g/mol. The predicted octanol–water partition coefficient (Wildman–Crippen LogP) is 2.70. The van der Waals surface area contributed by atoms with Gasteiger partial charge in [-0.2, -0.15) is 0 Å². The molecule has 0 unspecified atom stereocenters. The molecular formula is C16H28N2O2. The molecule has 1 heterocycles. The third kappa shape index (κ3) is 4.62. The van der Waals surface area contributed by atoms with Crippen LogP contribution in [0.5, 0.6) is 0 Å². The smallest absolute Gasteiger partial charge is 0.118 e. The number of furan rings is 1. The summed E-state index contributed by atoms with van der Waals surface area (Å²) in [5, 5.41) is 3.50. The molecule has 1 aromatic rings. The number of methoxy groups -OCH3 is 1. The highest BCUT2D eigenvalue weighted by Crippen LogP contribution is 2.21. The maximum absolute atomic E-state index is 5.86. The first-order valence-corrected chi connectivity index (χ1v) is 7.64. The molecule has 0 aromatic carbocycles. The Morgan fingerprint density at radius 2 is 2.20 bits per heavy atom. The van der Waals surface area contributed by atoms with Crippen LogP contribution in [-0.2, 0) is 17.8 Å². The standard InChI is InChI=1S/C16H28N2O2/c1-12(2)18(7-8-19-4)11-14-9-16(20-13(14)3)10-17-15-5-6-15/h9,12,15,17H,5-8,10-11H2,1-4H3. The summed E-state index contributed by atoms with van der Waals surface area (Å²) in [5.74, 6) is 2.10. The summed E-state index contributed by atoms with van der Waals surface area (Å²) in [6.45, 7) is 10.0. The van der Waals surface area contributed by atoms with Crippen molar-refractivity contribution in [3.05, 3.63) is 23.2 Å². The van der Waals surface area contributed by atoms with E-state index < -0.39 is 0 Å². The molecule has 0 atom stereocenters. The summed E-state index contributed by atoms with van der Waals surface area (Å²) in [7, 11) is 1.75.